The smallest absolute Gasteiger partial charge is 0.329 e. The Hall–Kier alpha value is -4.04. The topological polar surface area (TPSA) is 98.2 Å². The second-order valence-electron chi connectivity index (χ2n) is 7.92. The van der Waals surface area contributed by atoms with Crippen molar-refractivity contribution < 1.29 is 23.8 Å². The van der Waals surface area contributed by atoms with Gasteiger partial charge in [0.05, 0.1) is 24.5 Å². The lowest BCUT2D eigenvalue weighted by Gasteiger charge is -2.14. The molecule has 0 radical (unpaired) electrons. The van der Waals surface area contributed by atoms with E-state index in [4.69, 9.17) is 25.8 Å². The van der Waals surface area contributed by atoms with Gasteiger partial charge in [-0.2, -0.15) is 5.10 Å². The quantitative estimate of drug-likeness (QED) is 0.140. The van der Waals surface area contributed by atoms with Crippen molar-refractivity contribution in [1.29, 1.82) is 0 Å². The number of hydrogen-bond acceptors (Lipinski definition) is 6. The molecule has 194 valence electrons. The molecule has 37 heavy (non-hydrogen) atoms. The molecule has 0 fully saturated rings. The first kappa shape index (κ1) is 27.5. The van der Waals surface area contributed by atoms with Crippen LogP contribution < -0.4 is 25.0 Å². The van der Waals surface area contributed by atoms with Crippen LogP contribution in [0.3, 0.4) is 0 Å². The highest BCUT2D eigenvalue weighted by Crippen LogP contribution is 2.37. The average Bonchev–Trinajstić information content (AvgIpc) is 2.90. The first-order valence-corrected chi connectivity index (χ1v) is 12.4. The lowest BCUT2D eigenvalue weighted by molar-refractivity contribution is -0.136. The number of benzene rings is 3. The van der Waals surface area contributed by atoms with Crippen molar-refractivity contribution >= 4 is 35.3 Å². The number of nitrogens with zero attached hydrogens (tertiary/aromatic N) is 1. The van der Waals surface area contributed by atoms with Gasteiger partial charge in [0.2, 0.25) is 0 Å². The molecule has 0 aliphatic heterocycles. The van der Waals surface area contributed by atoms with E-state index in [2.05, 4.69) is 22.8 Å². The molecule has 0 atom stereocenters. The molecule has 0 aliphatic rings. The first-order valence-electron chi connectivity index (χ1n) is 12.0. The summed E-state index contributed by atoms with van der Waals surface area (Å²) in [6.07, 6.45) is 3.37. The molecule has 0 aromatic heterocycles. The molecule has 0 aliphatic carbocycles. The maximum Gasteiger partial charge on any atom is 0.329 e. The summed E-state index contributed by atoms with van der Waals surface area (Å²) >= 11 is 6.44. The number of hydrogen-bond donors (Lipinski definition) is 2. The predicted molar refractivity (Wildman–Crippen MR) is 145 cm³/mol. The van der Waals surface area contributed by atoms with E-state index in [1.165, 1.54) is 6.21 Å². The third-order valence-electron chi connectivity index (χ3n) is 5.02. The van der Waals surface area contributed by atoms with E-state index in [0.29, 0.717) is 53.3 Å². The molecule has 2 N–H and O–H groups in total. The minimum atomic E-state index is -0.918. The molecule has 0 saturated heterocycles. The lowest BCUT2D eigenvalue weighted by Crippen LogP contribution is -2.32. The molecule has 0 unspecified atom stereocenters. The van der Waals surface area contributed by atoms with Crippen LogP contribution in [0.4, 0.5) is 5.69 Å². The van der Waals surface area contributed by atoms with Gasteiger partial charge in [0.1, 0.15) is 12.4 Å². The largest absolute Gasteiger partial charge is 0.494 e. The van der Waals surface area contributed by atoms with Gasteiger partial charge in [0.15, 0.2) is 11.5 Å². The summed E-state index contributed by atoms with van der Waals surface area (Å²) in [5.41, 5.74) is 4.22. The number of amides is 2. The number of carbonyl (C=O) groups is 2. The standard InChI is InChI=1S/C28H30ClN3O5/c1-3-5-15-36-23-13-11-22(12-14-23)31-27(33)28(34)32-30-18-21-16-24(29)26(25(17-21)35-4-2)37-19-20-9-7-6-8-10-20/h6-14,16-18H,3-5,15,19H2,1-2H3,(H,31,33)(H,32,34)/b30-18-. The molecule has 0 saturated carbocycles. The number of anilines is 1. The van der Waals surface area contributed by atoms with Gasteiger partial charge in [-0.15, -0.1) is 0 Å². The Morgan fingerprint density at radius 2 is 1.70 bits per heavy atom. The second kappa shape index (κ2) is 14.5. The van der Waals surface area contributed by atoms with Crippen LogP contribution in [0.15, 0.2) is 71.8 Å². The zero-order valence-corrected chi connectivity index (χ0v) is 21.6. The van der Waals surface area contributed by atoms with Crippen molar-refractivity contribution in [3.05, 3.63) is 82.9 Å². The Kier molecular flexibility index (Phi) is 10.8. The summed E-state index contributed by atoms with van der Waals surface area (Å²) in [5.74, 6) is -0.219. The normalized spacial score (nSPS) is 10.7. The highest BCUT2D eigenvalue weighted by Gasteiger charge is 2.14. The zero-order valence-electron chi connectivity index (χ0n) is 20.8. The Labute approximate surface area is 221 Å². The minimum Gasteiger partial charge on any atom is -0.494 e. The van der Waals surface area contributed by atoms with Crippen LogP contribution in [-0.2, 0) is 16.2 Å². The van der Waals surface area contributed by atoms with Crippen molar-refractivity contribution in [2.24, 2.45) is 5.10 Å². The Morgan fingerprint density at radius 3 is 2.41 bits per heavy atom. The molecule has 0 bridgehead atoms. The van der Waals surface area contributed by atoms with Crippen molar-refractivity contribution in [3.8, 4) is 17.2 Å². The van der Waals surface area contributed by atoms with Gasteiger partial charge in [-0.25, -0.2) is 5.43 Å². The molecule has 0 spiro atoms. The Bertz CT molecular complexity index is 1200. The Balaban J connectivity index is 1.56. The van der Waals surface area contributed by atoms with Crippen LogP contribution in [0.2, 0.25) is 5.02 Å². The van der Waals surface area contributed by atoms with E-state index in [-0.39, 0.29) is 0 Å². The number of rotatable bonds is 12. The lowest BCUT2D eigenvalue weighted by atomic mass is 10.2. The van der Waals surface area contributed by atoms with E-state index < -0.39 is 11.8 Å². The number of unbranched alkanes of at least 4 members (excludes halogenated alkanes) is 1. The number of carbonyl (C=O) groups excluding carboxylic acids is 2. The van der Waals surface area contributed by atoms with Crippen molar-refractivity contribution in [3.63, 3.8) is 0 Å². The highest BCUT2D eigenvalue weighted by atomic mass is 35.5. The van der Waals surface area contributed by atoms with E-state index in [0.717, 1.165) is 18.4 Å². The molecular weight excluding hydrogens is 494 g/mol. The van der Waals surface area contributed by atoms with Gasteiger partial charge in [0, 0.05) is 5.69 Å². The number of nitrogens with one attached hydrogen (secondary N) is 2. The third-order valence-corrected chi connectivity index (χ3v) is 5.30. The second-order valence-corrected chi connectivity index (χ2v) is 8.32. The summed E-state index contributed by atoms with van der Waals surface area (Å²) in [4.78, 5) is 24.3. The summed E-state index contributed by atoms with van der Waals surface area (Å²) in [6.45, 7) is 5.29. The maximum absolute atomic E-state index is 12.2. The van der Waals surface area contributed by atoms with Crippen LogP contribution in [0.1, 0.15) is 37.8 Å². The molecule has 3 aromatic rings. The average molecular weight is 524 g/mol. The summed E-state index contributed by atoms with van der Waals surface area (Å²) in [5, 5.41) is 6.71. The number of halogens is 1. The van der Waals surface area contributed by atoms with Crippen LogP contribution in [0.5, 0.6) is 17.2 Å². The molecule has 3 aromatic carbocycles. The molecule has 3 rings (SSSR count). The molecule has 0 heterocycles. The predicted octanol–water partition coefficient (Wildman–Crippen LogP) is 5.59. The van der Waals surface area contributed by atoms with E-state index in [1.54, 1.807) is 36.4 Å². The van der Waals surface area contributed by atoms with Crippen molar-refractivity contribution in [2.45, 2.75) is 33.3 Å². The number of hydrazone groups is 1. The zero-order chi connectivity index (χ0) is 26.5. The van der Waals surface area contributed by atoms with Crippen molar-refractivity contribution in [1.82, 2.24) is 5.43 Å². The molecule has 8 nitrogen and oxygen atoms in total. The van der Waals surface area contributed by atoms with Gasteiger partial charge in [-0.1, -0.05) is 55.3 Å². The Morgan fingerprint density at radius 1 is 0.946 bits per heavy atom. The van der Waals surface area contributed by atoms with Gasteiger partial charge < -0.3 is 19.5 Å². The summed E-state index contributed by atoms with van der Waals surface area (Å²) in [6, 6.07) is 19.8. The van der Waals surface area contributed by atoms with Crippen molar-refractivity contribution in [2.75, 3.05) is 18.5 Å². The SMILES string of the molecule is CCCCOc1ccc(NC(=O)C(=O)N/N=C\c2cc(Cl)c(OCc3ccccc3)c(OCC)c2)cc1. The maximum atomic E-state index is 12.2. The van der Waals surface area contributed by atoms with E-state index in [1.807, 2.05) is 37.3 Å². The minimum absolute atomic E-state index is 0.327. The van der Waals surface area contributed by atoms with Gasteiger partial charge in [0.25, 0.3) is 0 Å². The monoisotopic (exact) mass is 523 g/mol. The van der Waals surface area contributed by atoms with Crippen LogP contribution in [0, 0.1) is 0 Å². The van der Waals surface area contributed by atoms with Gasteiger partial charge >= 0.3 is 11.8 Å². The molecular formula is C28H30ClN3O5. The fourth-order valence-corrected chi connectivity index (χ4v) is 3.44. The highest BCUT2D eigenvalue weighted by molar-refractivity contribution is 6.39. The third kappa shape index (κ3) is 8.84. The molecule has 9 heteroatoms. The van der Waals surface area contributed by atoms with Gasteiger partial charge in [-0.3, -0.25) is 9.59 Å². The molecule has 2 amide bonds. The summed E-state index contributed by atoms with van der Waals surface area (Å²) in [7, 11) is 0. The van der Waals surface area contributed by atoms with Crippen LogP contribution in [-0.4, -0.2) is 31.2 Å². The van der Waals surface area contributed by atoms with Crippen LogP contribution in [0.25, 0.3) is 0 Å². The van der Waals surface area contributed by atoms with E-state index >= 15 is 0 Å². The number of ether oxygens (including phenoxy) is 3. The fourth-order valence-electron chi connectivity index (χ4n) is 3.17. The van der Waals surface area contributed by atoms with Gasteiger partial charge in [-0.05, 0) is 60.9 Å². The first-order chi connectivity index (χ1) is 18.0. The summed E-state index contributed by atoms with van der Waals surface area (Å²) < 4.78 is 17.2. The van der Waals surface area contributed by atoms with E-state index in [9.17, 15) is 9.59 Å². The fraction of sp³-hybridized carbons (Fsp3) is 0.250. The van der Waals surface area contributed by atoms with Crippen LogP contribution >= 0.6 is 11.6 Å².